The van der Waals surface area contributed by atoms with Crippen LogP contribution in [0.25, 0.3) is 21.9 Å². The Labute approximate surface area is 121 Å². The first-order valence-electron chi connectivity index (χ1n) is 6.81. The van der Waals surface area contributed by atoms with Crippen LogP contribution in [0, 0.1) is 0 Å². The van der Waals surface area contributed by atoms with Gasteiger partial charge in [-0.1, -0.05) is 12.1 Å². The van der Waals surface area contributed by atoms with Crippen LogP contribution < -0.4 is 10.2 Å². The van der Waals surface area contributed by atoms with Gasteiger partial charge >= 0.3 is 0 Å². The van der Waals surface area contributed by atoms with Crippen molar-refractivity contribution in [3.8, 4) is 10.8 Å². The van der Waals surface area contributed by atoms with Gasteiger partial charge < -0.3 is 14.6 Å². The maximum atomic E-state index is 5.90. The first-order valence-corrected chi connectivity index (χ1v) is 7.69. The number of hydrogen-bond acceptors (Lipinski definition) is 5. The number of fused-ring (bicyclic) bond motifs is 1. The minimum absolute atomic E-state index is 0.720. The van der Waals surface area contributed by atoms with Crippen LogP contribution in [-0.2, 0) is 0 Å². The Morgan fingerprint density at radius 3 is 2.85 bits per heavy atom. The van der Waals surface area contributed by atoms with Gasteiger partial charge in [-0.15, -0.1) is 11.3 Å². The molecular weight excluding hydrogens is 270 g/mol. The van der Waals surface area contributed by atoms with Gasteiger partial charge in [0.2, 0.25) is 5.89 Å². The Balaban J connectivity index is 1.81. The van der Waals surface area contributed by atoms with Crippen LogP contribution in [0.15, 0.2) is 40.1 Å². The number of benzene rings is 1. The van der Waals surface area contributed by atoms with Gasteiger partial charge in [0.15, 0.2) is 5.58 Å². The summed E-state index contributed by atoms with van der Waals surface area (Å²) in [5.41, 5.74) is 3.01. The molecule has 1 aromatic carbocycles. The van der Waals surface area contributed by atoms with E-state index in [2.05, 4.69) is 16.3 Å². The normalized spacial score (nSPS) is 15.9. The summed E-state index contributed by atoms with van der Waals surface area (Å²) in [6.07, 6.45) is 0. The highest BCUT2D eigenvalue weighted by Crippen LogP contribution is 2.32. The van der Waals surface area contributed by atoms with Crippen molar-refractivity contribution in [2.24, 2.45) is 0 Å². The number of thiophene rings is 1. The van der Waals surface area contributed by atoms with Gasteiger partial charge in [-0.05, 0) is 23.6 Å². The predicted molar refractivity (Wildman–Crippen MR) is 82.4 cm³/mol. The second-order valence-electron chi connectivity index (χ2n) is 4.86. The topological polar surface area (TPSA) is 41.3 Å². The number of anilines is 1. The fraction of sp³-hybridized carbons (Fsp3) is 0.267. The highest BCUT2D eigenvalue weighted by Gasteiger charge is 2.17. The lowest BCUT2D eigenvalue weighted by atomic mass is 10.2. The SMILES string of the molecule is c1csc(-c2nc3c(N4CCNCC4)cccc3o2)c1. The van der Waals surface area contributed by atoms with E-state index in [1.165, 1.54) is 5.69 Å². The highest BCUT2D eigenvalue weighted by molar-refractivity contribution is 7.13. The molecule has 4 rings (SSSR count). The third-order valence-electron chi connectivity index (χ3n) is 3.59. The molecule has 3 aromatic rings. The molecule has 0 unspecified atom stereocenters. The summed E-state index contributed by atoms with van der Waals surface area (Å²) in [7, 11) is 0. The van der Waals surface area contributed by atoms with Gasteiger partial charge in [0.1, 0.15) is 5.52 Å². The Morgan fingerprint density at radius 2 is 2.05 bits per heavy atom. The van der Waals surface area contributed by atoms with E-state index in [0.717, 1.165) is 48.0 Å². The van der Waals surface area contributed by atoms with Crippen molar-refractivity contribution in [1.29, 1.82) is 0 Å². The molecular formula is C15H15N3OS. The van der Waals surface area contributed by atoms with Crippen LogP contribution in [-0.4, -0.2) is 31.2 Å². The number of para-hydroxylation sites is 1. The lowest BCUT2D eigenvalue weighted by Crippen LogP contribution is -2.43. The molecule has 5 heteroatoms. The minimum atomic E-state index is 0.720. The second kappa shape index (κ2) is 4.92. The zero-order chi connectivity index (χ0) is 13.4. The molecule has 0 radical (unpaired) electrons. The molecule has 1 aliphatic rings. The molecule has 1 N–H and O–H groups in total. The average Bonchev–Trinajstić information content (AvgIpc) is 3.16. The molecule has 3 heterocycles. The van der Waals surface area contributed by atoms with Crippen molar-refractivity contribution in [3.63, 3.8) is 0 Å². The average molecular weight is 285 g/mol. The fourth-order valence-corrected chi connectivity index (χ4v) is 3.25. The van der Waals surface area contributed by atoms with Crippen molar-refractivity contribution >= 4 is 28.1 Å². The number of nitrogens with zero attached hydrogens (tertiary/aromatic N) is 2. The van der Waals surface area contributed by atoms with Gasteiger partial charge in [-0.25, -0.2) is 4.98 Å². The maximum absolute atomic E-state index is 5.90. The molecule has 4 nitrogen and oxygen atoms in total. The quantitative estimate of drug-likeness (QED) is 0.786. The van der Waals surface area contributed by atoms with Crippen molar-refractivity contribution in [2.75, 3.05) is 31.1 Å². The van der Waals surface area contributed by atoms with Gasteiger partial charge in [0.05, 0.1) is 10.6 Å². The van der Waals surface area contributed by atoms with E-state index in [0.29, 0.717) is 0 Å². The first kappa shape index (κ1) is 11.9. The Morgan fingerprint density at radius 1 is 1.15 bits per heavy atom. The molecule has 0 saturated carbocycles. The number of rotatable bonds is 2. The molecule has 20 heavy (non-hydrogen) atoms. The summed E-state index contributed by atoms with van der Waals surface area (Å²) in [5, 5.41) is 5.42. The summed E-state index contributed by atoms with van der Waals surface area (Å²) in [4.78, 5) is 8.16. The van der Waals surface area contributed by atoms with Crippen LogP contribution in [0.5, 0.6) is 0 Å². The lowest BCUT2D eigenvalue weighted by molar-refractivity contribution is 0.590. The zero-order valence-electron chi connectivity index (χ0n) is 11.0. The molecule has 1 fully saturated rings. The van der Waals surface area contributed by atoms with E-state index in [-0.39, 0.29) is 0 Å². The van der Waals surface area contributed by atoms with E-state index in [1.54, 1.807) is 11.3 Å². The third-order valence-corrected chi connectivity index (χ3v) is 4.45. The first-order chi connectivity index (χ1) is 9.92. The Hall–Kier alpha value is -1.85. The summed E-state index contributed by atoms with van der Waals surface area (Å²) in [5.74, 6) is 0.720. The summed E-state index contributed by atoms with van der Waals surface area (Å²) < 4.78 is 5.90. The zero-order valence-corrected chi connectivity index (χ0v) is 11.8. The third kappa shape index (κ3) is 1.99. The Bertz CT molecular complexity index is 714. The number of oxazole rings is 1. The van der Waals surface area contributed by atoms with Crippen molar-refractivity contribution in [3.05, 3.63) is 35.7 Å². The van der Waals surface area contributed by atoms with Gasteiger partial charge in [-0.3, -0.25) is 0 Å². The molecule has 2 aromatic heterocycles. The van der Waals surface area contributed by atoms with E-state index < -0.39 is 0 Å². The molecule has 1 saturated heterocycles. The Kier molecular flexibility index (Phi) is 2.94. The van der Waals surface area contributed by atoms with Gasteiger partial charge in [0.25, 0.3) is 0 Å². The predicted octanol–water partition coefficient (Wildman–Crippen LogP) is 2.97. The van der Waals surface area contributed by atoms with Crippen LogP contribution in [0.2, 0.25) is 0 Å². The van der Waals surface area contributed by atoms with Crippen molar-refractivity contribution in [2.45, 2.75) is 0 Å². The van der Waals surface area contributed by atoms with Crippen LogP contribution in [0.3, 0.4) is 0 Å². The number of nitrogens with one attached hydrogen (secondary N) is 1. The second-order valence-corrected chi connectivity index (χ2v) is 5.80. The van der Waals surface area contributed by atoms with Crippen LogP contribution in [0.4, 0.5) is 5.69 Å². The summed E-state index contributed by atoms with van der Waals surface area (Å²) in [6, 6.07) is 10.2. The molecule has 0 aliphatic carbocycles. The molecule has 1 aliphatic heterocycles. The number of aromatic nitrogens is 1. The summed E-state index contributed by atoms with van der Waals surface area (Å²) >= 11 is 1.65. The number of hydrogen-bond donors (Lipinski definition) is 1. The number of piperazine rings is 1. The van der Waals surface area contributed by atoms with Crippen LogP contribution >= 0.6 is 11.3 Å². The minimum Gasteiger partial charge on any atom is -0.435 e. The van der Waals surface area contributed by atoms with Gasteiger partial charge in [-0.2, -0.15) is 0 Å². The van der Waals surface area contributed by atoms with E-state index in [4.69, 9.17) is 9.40 Å². The standard InChI is InChI=1S/C15H15N3OS/c1-3-11(18-8-6-16-7-9-18)14-12(4-1)19-15(17-14)13-5-2-10-20-13/h1-5,10,16H,6-9H2. The molecule has 0 bridgehead atoms. The van der Waals surface area contributed by atoms with Crippen LogP contribution in [0.1, 0.15) is 0 Å². The maximum Gasteiger partial charge on any atom is 0.237 e. The fourth-order valence-electron chi connectivity index (χ4n) is 2.60. The monoisotopic (exact) mass is 285 g/mol. The largest absolute Gasteiger partial charge is 0.435 e. The molecule has 0 amide bonds. The molecule has 0 atom stereocenters. The highest BCUT2D eigenvalue weighted by atomic mass is 32.1. The van der Waals surface area contributed by atoms with Crippen molar-refractivity contribution < 1.29 is 4.42 Å². The van der Waals surface area contributed by atoms with E-state index >= 15 is 0 Å². The van der Waals surface area contributed by atoms with Crippen molar-refractivity contribution in [1.82, 2.24) is 10.3 Å². The summed E-state index contributed by atoms with van der Waals surface area (Å²) in [6.45, 7) is 4.07. The lowest BCUT2D eigenvalue weighted by Gasteiger charge is -2.29. The molecule has 102 valence electrons. The van der Waals surface area contributed by atoms with E-state index in [9.17, 15) is 0 Å². The van der Waals surface area contributed by atoms with Gasteiger partial charge in [0, 0.05) is 26.2 Å². The smallest absolute Gasteiger partial charge is 0.237 e. The molecule has 0 spiro atoms. The van der Waals surface area contributed by atoms with E-state index in [1.807, 2.05) is 29.6 Å².